The molecule has 1 heterocycles. The molecule has 2 aliphatic rings. The lowest BCUT2D eigenvalue weighted by Crippen LogP contribution is -2.43. The Hall–Kier alpha value is -1.92. The molecule has 6 heteroatoms. The molecule has 0 radical (unpaired) electrons. The zero-order valence-corrected chi connectivity index (χ0v) is 16.2. The van der Waals surface area contributed by atoms with E-state index in [2.05, 4.69) is 4.90 Å². The van der Waals surface area contributed by atoms with Gasteiger partial charge in [0.2, 0.25) is 5.91 Å². The van der Waals surface area contributed by atoms with Crippen LogP contribution in [0.4, 0.5) is 0 Å². The maximum absolute atomic E-state index is 12.0. The van der Waals surface area contributed by atoms with Crippen LogP contribution in [-0.2, 0) is 4.79 Å². The molecule has 1 atom stereocenters. The van der Waals surface area contributed by atoms with Gasteiger partial charge in [-0.15, -0.1) is 0 Å². The normalized spacial score (nSPS) is 19.4. The third kappa shape index (κ3) is 5.78. The molecular formula is C21H31N3O3. The van der Waals surface area contributed by atoms with Gasteiger partial charge in [0.05, 0.1) is 12.6 Å². The molecule has 1 aromatic carbocycles. The first-order valence-corrected chi connectivity index (χ1v) is 10.1. The number of nitrogens with two attached hydrogens (primary N) is 1. The van der Waals surface area contributed by atoms with Crippen LogP contribution >= 0.6 is 0 Å². The molecule has 2 fully saturated rings. The quantitative estimate of drug-likeness (QED) is 0.557. The van der Waals surface area contributed by atoms with Gasteiger partial charge in [-0.05, 0) is 63.4 Å². The SMILES string of the molecule is C[C@H](N)C(=O)N1CCCN(CCCOc2ccc(C(=O)C3CC3)cc2)CC1. The first-order chi connectivity index (χ1) is 13.0. The molecule has 1 aliphatic carbocycles. The van der Waals surface area contributed by atoms with Crippen molar-refractivity contribution in [3.63, 3.8) is 0 Å². The fourth-order valence-electron chi connectivity index (χ4n) is 3.48. The minimum atomic E-state index is -0.420. The molecule has 0 aromatic heterocycles. The highest BCUT2D eigenvalue weighted by Gasteiger charge is 2.30. The van der Waals surface area contributed by atoms with E-state index in [0.29, 0.717) is 6.61 Å². The summed E-state index contributed by atoms with van der Waals surface area (Å²) in [6.45, 7) is 6.78. The van der Waals surface area contributed by atoms with Crippen LogP contribution in [0.15, 0.2) is 24.3 Å². The average Bonchev–Trinajstić information content (AvgIpc) is 3.52. The summed E-state index contributed by atoms with van der Waals surface area (Å²) in [7, 11) is 0. The third-order valence-corrected chi connectivity index (χ3v) is 5.26. The second-order valence-electron chi connectivity index (χ2n) is 7.67. The summed E-state index contributed by atoms with van der Waals surface area (Å²) < 4.78 is 5.81. The summed E-state index contributed by atoms with van der Waals surface area (Å²) in [5, 5.41) is 0. The van der Waals surface area contributed by atoms with E-state index in [1.807, 2.05) is 29.2 Å². The van der Waals surface area contributed by atoms with Crippen LogP contribution in [0.25, 0.3) is 0 Å². The highest BCUT2D eigenvalue weighted by Crippen LogP contribution is 2.32. The lowest BCUT2D eigenvalue weighted by atomic mass is 10.1. The van der Waals surface area contributed by atoms with E-state index in [9.17, 15) is 9.59 Å². The van der Waals surface area contributed by atoms with Crippen molar-refractivity contribution >= 4 is 11.7 Å². The zero-order chi connectivity index (χ0) is 19.2. The number of amides is 1. The Morgan fingerprint density at radius 1 is 1.15 bits per heavy atom. The Morgan fingerprint density at radius 2 is 1.89 bits per heavy atom. The predicted octanol–water partition coefficient (Wildman–Crippen LogP) is 1.93. The molecule has 148 valence electrons. The second kappa shape index (κ2) is 9.33. The largest absolute Gasteiger partial charge is 0.494 e. The van der Waals surface area contributed by atoms with E-state index in [4.69, 9.17) is 10.5 Å². The van der Waals surface area contributed by atoms with E-state index in [1.54, 1.807) is 6.92 Å². The van der Waals surface area contributed by atoms with Crippen LogP contribution in [0.3, 0.4) is 0 Å². The Labute approximate surface area is 161 Å². The molecule has 1 saturated carbocycles. The number of ether oxygens (including phenoxy) is 1. The lowest BCUT2D eigenvalue weighted by Gasteiger charge is -2.23. The molecule has 1 saturated heterocycles. The van der Waals surface area contributed by atoms with Crippen molar-refractivity contribution in [1.82, 2.24) is 9.80 Å². The topological polar surface area (TPSA) is 75.9 Å². The van der Waals surface area contributed by atoms with Crippen molar-refractivity contribution in [2.45, 2.75) is 38.6 Å². The highest BCUT2D eigenvalue weighted by molar-refractivity contribution is 5.99. The van der Waals surface area contributed by atoms with Crippen LogP contribution in [0, 0.1) is 5.92 Å². The number of hydrogen-bond acceptors (Lipinski definition) is 5. The second-order valence-corrected chi connectivity index (χ2v) is 7.67. The maximum atomic E-state index is 12.0. The number of carbonyl (C=O) groups excluding carboxylic acids is 2. The highest BCUT2D eigenvalue weighted by atomic mass is 16.5. The first-order valence-electron chi connectivity index (χ1n) is 10.1. The molecule has 6 nitrogen and oxygen atoms in total. The Bertz CT molecular complexity index is 641. The standard InChI is InChI=1S/C21H31N3O3/c1-16(22)21(26)24-12-2-10-23(13-14-24)11-3-15-27-19-8-6-18(7-9-19)20(25)17-4-5-17/h6-9,16-17H,2-5,10-15,22H2,1H3/t16-/m0/s1. The molecule has 1 amide bonds. The molecule has 2 N–H and O–H groups in total. The van der Waals surface area contributed by atoms with Gasteiger partial charge in [-0.2, -0.15) is 0 Å². The Balaban J connectivity index is 1.35. The maximum Gasteiger partial charge on any atom is 0.239 e. The van der Waals surface area contributed by atoms with Crippen molar-refractivity contribution in [2.24, 2.45) is 11.7 Å². The van der Waals surface area contributed by atoms with Crippen molar-refractivity contribution in [2.75, 3.05) is 39.3 Å². The molecule has 0 unspecified atom stereocenters. The zero-order valence-electron chi connectivity index (χ0n) is 16.2. The van der Waals surface area contributed by atoms with Gasteiger partial charge in [0.15, 0.2) is 5.78 Å². The van der Waals surface area contributed by atoms with Gasteiger partial charge in [0.1, 0.15) is 5.75 Å². The first kappa shape index (κ1) is 19.8. The summed E-state index contributed by atoms with van der Waals surface area (Å²) in [5.41, 5.74) is 6.50. The van der Waals surface area contributed by atoms with Crippen molar-refractivity contribution in [3.05, 3.63) is 29.8 Å². The number of rotatable bonds is 8. The Kier molecular flexibility index (Phi) is 6.85. The smallest absolute Gasteiger partial charge is 0.239 e. The van der Waals surface area contributed by atoms with Crippen LogP contribution < -0.4 is 10.5 Å². The van der Waals surface area contributed by atoms with Gasteiger partial charge in [-0.25, -0.2) is 0 Å². The minimum Gasteiger partial charge on any atom is -0.494 e. The van der Waals surface area contributed by atoms with Gasteiger partial charge in [0, 0.05) is 37.7 Å². The summed E-state index contributed by atoms with van der Waals surface area (Å²) >= 11 is 0. The number of Topliss-reactive ketones (excluding diaryl/α,β-unsaturated/α-hetero) is 1. The number of ketones is 1. The van der Waals surface area contributed by atoms with Crippen molar-refractivity contribution in [1.29, 1.82) is 0 Å². The molecule has 0 spiro atoms. The van der Waals surface area contributed by atoms with E-state index >= 15 is 0 Å². The van der Waals surface area contributed by atoms with Crippen LogP contribution in [-0.4, -0.2) is 66.9 Å². The fraction of sp³-hybridized carbons (Fsp3) is 0.619. The molecule has 3 rings (SSSR count). The van der Waals surface area contributed by atoms with Crippen molar-refractivity contribution < 1.29 is 14.3 Å². The molecule has 1 aromatic rings. The van der Waals surface area contributed by atoms with Gasteiger partial charge < -0.3 is 20.3 Å². The van der Waals surface area contributed by atoms with E-state index in [0.717, 1.165) is 69.7 Å². The average molecular weight is 373 g/mol. The number of carbonyl (C=O) groups is 2. The summed E-state index contributed by atoms with van der Waals surface area (Å²) in [6, 6.07) is 7.10. The minimum absolute atomic E-state index is 0.0452. The summed E-state index contributed by atoms with van der Waals surface area (Å²) in [6.07, 6.45) is 3.98. The van der Waals surface area contributed by atoms with Gasteiger partial charge in [-0.3, -0.25) is 9.59 Å². The van der Waals surface area contributed by atoms with Gasteiger partial charge >= 0.3 is 0 Å². The van der Waals surface area contributed by atoms with E-state index < -0.39 is 6.04 Å². The monoisotopic (exact) mass is 373 g/mol. The fourth-order valence-corrected chi connectivity index (χ4v) is 3.48. The van der Waals surface area contributed by atoms with E-state index in [-0.39, 0.29) is 17.6 Å². The van der Waals surface area contributed by atoms with Crippen LogP contribution in [0.5, 0.6) is 5.75 Å². The number of benzene rings is 1. The number of hydrogen-bond donors (Lipinski definition) is 1. The molecule has 1 aliphatic heterocycles. The number of nitrogens with zero attached hydrogens (tertiary/aromatic N) is 2. The van der Waals surface area contributed by atoms with Gasteiger partial charge in [0.25, 0.3) is 0 Å². The van der Waals surface area contributed by atoms with E-state index in [1.165, 1.54) is 0 Å². The summed E-state index contributed by atoms with van der Waals surface area (Å²) in [4.78, 5) is 28.3. The molecule has 0 bridgehead atoms. The lowest BCUT2D eigenvalue weighted by molar-refractivity contribution is -0.132. The van der Waals surface area contributed by atoms with Gasteiger partial charge in [-0.1, -0.05) is 0 Å². The molecular weight excluding hydrogens is 342 g/mol. The van der Waals surface area contributed by atoms with Crippen LogP contribution in [0.2, 0.25) is 0 Å². The predicted molar refractivity (Wildman–Crippen MR) is 105 cm³/mol. The third-order valence-electron chi connectivity index (χ3n) is 5.26. The summed E-state index contributed by atoms with van der Waals surface area (Å²) in [5.74, 6) is 1.37. The Morgan fingerprint density at radius 3 is 2.56 bits per heavy atom. The van der Waals surface area contributed by atoms with Crippen LogP contribution in [0.1, 0.15) is 43.0 Å². The molecule has 27 heavy (non-hydrogen) atoms. The van der Waals surface area contributed by atoms with Crippen molar-refractivity contribution in [3.8, 4) is 5.75 Å².